The first-order valence-corrected chi connectivity index (χ1v) is 5.25. The topological polar surface area (TPSA) is 70.7 Å². The summed E-state index contributed by atoms with van der Waals surface area (Å²) in [6.45, 7) is 0. The van der Waals surface area contributed by atoms with Gasteiger partial charge in [-0.25, -0.2) is 0 Å². The number of carbonyl (C=O) groups excluding carboxylic acids is 1. The number of aromatic amines is 1. The smallest absolute Gasteiger partial charge is 0.259 e. The van der Waals surface area contributed by atoms with Gasteiger partial charge in [-0.15, -0.1) is 5.10 Å². The highest BCUT2D eigenvalue weighted by Gasteiger charge is 2.07. The van der Waals surface area contributed by atoms with Gasteiger partial charge in [-0.2, -0.15) is 0 Å². The fourth-order valence-electron chi connectivity index (χ4n) is 0.950. The summed E-state index contributed by atoms with van der Waals surface area (Å²) in [5, 5.41) is 9.46. The number of nitrogens with zero attached hydrogens (tertiary/aromatic N) is 2. The molecule has 0 aliphatic heterocycles. The van der Waals surface area contributed by atoms with Crippen LogP contribution in [0.5, 0.6) is 0 Å². The van der Waals surface area contributed by atoms with Crippen molar-refractivity contribution in [2.24, 2.45) is 0 Å². The molecule has 2 N–H and O–H groups in total. The number of hydrogen-bond acceptors (Lipinski definition) is 5. The minimum absolute atomic E-state index is 0.249. The minimum atomic E-state index is -0.249. The van der Waals surface area contributed by atoms with E-state index in [-0.39, 0.29) is 5.91 Å². The Morgan fingerprint density at radius 3 is 3.07 bits per heavy atom. The van der Waals surface area contributed by atoms with Crippen LogP contribution in [0.25, 0.3) is 0 Å². The average Bonchev–Trinajstić information content (AvgIpc) is 2.65. The molecule has 0 saturated heterocycles. The number of pyridine rings is 1. The number of nitrogens with one attached hydrogen (secondary N) is 2. The first-order chi connectivity index (χ1) is 7.25. The van der Waals surface area contributed by atoms with E-state index in [2.05, 4.69) is 20.5 Å². The molecule has 0 saturated carbocycles. The van der Waals surface area contributed by atoms with Crippen LogP contribution in [0, 0.1) is 3.95 Å². The van der Waals surface area contributed by atoms with Crippen LogP contribution in [0.3, 0.4) is 0 Å². The van der Waals surface area contributed by atoms with E-state index >= 15 is 0 Å². The molecule has 0 radical (unpaired) electrons. The zero-order valence-corrected chi connectivity index (χ0v) is 9.06. The standard InChI is InChI=1S/C8H6N4OS2/c13-6(5-2-1-3-9-4-5)10-7-11-12-8(14)15-7/h1-4H,(H,12,14)(H,10,11,13). The number of amides is 1. The van der Waals surface area contributed by atoms with Gasteiger partial charge in [0.1, 0.15) is 0 Å². The molecule has 1 amide bonds. The van der Waals surface area contributed by atoms with Crippen molar-refractivity contribution in [3.63, 3.8) is 0 Å². The zero-order valence-electron chi connectivity index (χ0n) is 7.43. The molecule has 0 aromatic carbocycles. The Morgan fingerprint density at radius 2 is 2.47 bits per heavy atom. The van der Waals surface area contributed by atoms with Crippen LogP contribution >= 0.6 is 23.6 Å². The molecule has 2 heterocycles. The summed E-state index contributed by atoms with van der Waals surface area (Å²) in [7, 11) is 0. The highest BCUT2D eigenvalue weighted by Crippen LogP contribution is 2.11. The second-order valence-corrected chi connectivity index (χ2v) is 4.28. The van der Waals surface area contributed by atoms with Crippen LogP contribution in [-0.4, -0.2) is 21.1 Å². The fourth-order valence-corrected chi connectivity index (χ4v) is 1.73. The SMILES string of the molecule is O=C(Nc1n[nH]c(=S)s1)c1cccnc1. The lowest BCUT2D eigenvalue weighted by Gasteiger charge is -1.98. The molecule has 0 fully saturated rings. The second-order valence-electron chi connectivity index (χ2n) is 2.61. The lowest BCUT2D eigenvalue weighted by molar-refractivity contribution is 0.102. The molecule has 2 aromatic rings. The molecule has 0 atom stereocenters. The first kappa shape index (κ1) is 9.94. The molecule has 7 heteroatoms. The van der Waals surface area contributed by atoms with Gasteiger partial charge in [-0.05, 0) is 24.4 Å². The van der Waals surface area contributed by atoms with E-state index in [9.17, 15) is 4.79 Å². The van der Waals surface area contributed by atoms with Crippen molar-refractivity contribution < 1.29 is 4.79 Å². The highest BCUT2D eigenvalue weighted by atomic mass is 32.1. The van der Waals surface area contributed by atoms with E-state index in [0.717, 1.165) is 0 Å². The van der Waals surface area contributed by atoms with Gasteiger partial charge in [0, 0.05) is 12.4 Å². The van der Waals surface area contributed by atoms with Crippen molar-refractivity contribution in [1.29, 1.82) is 0 Å². The Morgan fingerprint density at radius 1 is 1.60 bits per heavy atom. The Bertz CT molecular complexity index is 519. The van der Waals surface area contributed by atoms with Gasteiger partial charge in [0.15, 0.2) is 3.95 Å². The molecular weight excluding hydrogens is 232 g/mol. The monoisotopic (exact) mass is 238 g/mol. The normalized spacial score (nSPS) is 9.87. The van der Waals surface area contributed by atoms with Crippen LogP contribution in [-0.2, 0) is 0 Å². The van der Waals surface area contributed by atoms with Crippen molar-refractivity contribution >= 4 is 34.6 Å². The summed E-state index contributed by atoms with van der Waals surface area (Å²) in [6, 6.07) is 3.37. The van der Waals surface area contributed by atoms with Gasteiger partial charge >= 0.3 is 0 Å². The van der Waals surface area contributed by atoms with Gasteiger partial charge in [-0.1, -0.05) is 11.3 Å². The van der Waals surface area contributed by atoms with Crippen LogP contribution in [0.1, 0.15) is 10.4 Å². The summed E-state index contributed by atoms with van der Waals surface area (Å²) in [5.41, 5.74) is 0.485. The average molecular weight is 238 g/mol. The van der Waals surface area contributed by atoms with E-state index in [1.54, 1.807) is 18.3 Å². The maximum Gasteiger partial charge on any atom is 0.259 e. The Balaban J connectivity index is 2.14. The molecule has 15 heavy (non-hydrogen) atoms. The van der Waals surface area contributed by atoms with Crippen molar-refractivity contribution in [2.75, 3.05) is 5.32 Å². The van der Waals surface area contributed by atoms with E-state index in [0.29, 0.717) is 14.6 Å². The maximum atomic E-state index is 11.6. The van der Waals surface area contributed by atoms with Crippen LogP contribution in [0.2, 0.25) is 0 Å². The second kappa shape index (κ2) is 4.28. The quantitative estimate of drug-likeness (QED) is 0.783. The summed E-state index contributed by atoms with van der Waals surface area (Å²) in [6.07, 6.45) is 3.09. The minimum Gasteiger partial charge on any atom is -0.296 e. The van der Waals surface area contributed by atoms with Crippen LogP contribution in [0.15, 0.2) is 24.5 Å². The van der Waals surface area contributed by atoms with Gasteiger partial charge < -0.3 is 0 Å². The molecule has 0 bridgehead atoms. The number of anilines is 1. The number of H-pyrrole nitrogens is 1. The fraction of sp³-hybridized carbons (Fsp3) is 0. The Labute approximate surface area is 94.2 Å². The molecular formula is C8H6N4OS2. The number of hydrogen-bond donors (Lipinski definition) is 2. The van der Waals surface area contributed by atoms with Crippen LogP contribution in [0.4, 0.5) is 5.13 Å². The van der Waals surface area contributed by atoms with Crippen LogP contribution < -0.4 is 5.32 Å². The van der Waals surface area contributed by atoms with Crippen molar-refractivity contribution in [2.45, 2.75) is 0 Å². The molecule has 0 aliphatic carbocycles. The molecule has 76 valence electrons. The van der Waals surface area contributed by atoms with Gasteiger partial charge in [-0.3, -0.25) is 20.2 Å². The number of carbonyl (C=O) groups is 1. The lowest BCUT2D eigenvalue weighted by Crippen LogP contribution is -2.11. The van der Waals surface area contributed by atoms with Crippen molar-refractivity contribution in [3.05, 3.63) is 34.0 Å². The molecule has 2 rings (SSSR count). The largest absolute Gasteiger partial charge is 0.296 e. The van der Waals surface area contributed by atoms with E-state index in [4.69, 9.17) is 12.2 Å². The molecule has 0 aliphatic rings. The third-order valence-corrected chi connectivity index (χ3v) is 2.59. The summed E-state index contributed by atoms with van der Waals surface area (Å²) >= 11 is 6.05. The van der Waals surface area contributed by atoms with E-state index in [1.165, 1.54) is 17.5 Å². The Hall–Kier alpha value is -1.60. The summed E-state index contributed by atoms with van der Waals surface area (Å²) in [4.78, 5) is 15.4. The highest BCUT2D eigenvalue weighted by molar-refractivity contribution is 7.73. The van der Waals surface area contributed by atoms with Crippen molar-refractivity contribution in [3.8, 4) is 0 Å². The lowest BCUT2D eigenvalue weighted by atomic mass is 10.3. The van der Waals surface area contributed by atoms with Gasteiger partial charge in [0.2, 0.25) is 5.13 Å². The predicted molar refractivity (Wildman–Crippen MR) is 59.5 cm³/mol. The summed E-state index contributed by atoms with van der Waals surface area (Å²) in [5.74, 6) is -0.249. The van der Waals surface area contributed by atoms with Gasteiger partial charge in [0.05, 0.1) is 5.56 Å². The molecule has 0 spiro atoms. The predicted octanol–water partition coefficient (Wildman–Crippen LogP) is 1.85. The van der Waals surface area contributed by atoms with Gasteiger partial charge in [0.25, 0.3) is 5.91 Å². The van der Waals surface area contributed by atoms with E-state index < -0.39 is 0 Å². The number of rotatable bonds is 2. The third kappa shape index (κ3) is 2.45. The summed E-state index contributed by atoms with van der Waals surface area (Å²) < 4.78 is 0.525. The zero-order chi connectivity index (χ0) is 10.7. The Kier molecular flexibility index (Phi) is 2.84. The number of aromatic nitrogens is 3. The van der Waals surface area contributed by atoms with E-state index in [1.807, 2.05) is 0 Å². The molecule has 0 unspecified atom stereocenters. The third-order valence-electron chi connectivity index (χ3n) is 1.58. The maximum absolute atomic E-state index is 11.6. The molecule has 2 aromatic heterocycles. The first-order valence-electron chi connectivity index (χ1n) is 4.02. The van der Waals surface area contributed by atoms with Crippen molar-refractivity contribution in [1.82, 2.24) is 15.2 Å². The molecule has 5 nitrogen and oxygen atoms in total.